The van der Waals surface area contributed by atoms with Crippen molar-refractivity contribution in [2.45, 2.75) is 6.92 Å². The van der Waals surface area contributed by atoms with Crippen molar-refractivity contribution >= 4 is 29.2 Å². The van der Waals surface area contributed by atoms with Gasteiger partial charge in [0.15, 0.2) is 0 Å². The number of amides is 1. The van der Waals surface area contributed by atoms with Gasteiger partial charge in [-0.2, -0.15) is 0 Å². The Kier molecular flexibility index (Phi) is 4.08. The number of benzene rings is 1. The maximum Gasteiger partial charge on any atom is 0.328 e. The van der Waals surface area contributed by atoms with Crippen molar-refractivity contribution in [3.05, 3.63) is 40.9 Å². The lowest BCUT2D eigenvalue weighted by atomic mass is 10.2. The fourth-order valence-electron chi connectivity index (χ4n) is 1.01. The van der Waals surface area contributed by atoms with E-state index in [4.69, 9.17) is 16.7 Å². The van der Waals surface area contributed by atoms with Gasteiger partial charge in [0.1, 0.15) is 0 Å². The Balaban J connectivity index is 2.71. The second-order valence-corrected chi connectivity index (χ2v) is 3.56. The quantitative estimate of drug-likeness (QED) is 0.796. The molecule has 2 N–H and O–H groups in total. The van der Waals surface area contributed by atoms with Crippen LogP contribution >= 0.6 is 11.6 Å². The molecule has 1 aromatic rings. The molecule has 0 aliphatic carbocycles. The molecule has 0 aliphatic heterocycles. The smallest absolute Gasteiger partial charge is 0.328 e. The summed E-state index contributed by atoms with van der Waals surface area (Å²) in [6, 6.07) is 6.53. The van der Waals surface area contributed by atoms with Gasteiger partial charge in [0, 0.05) is 22.4 Å². The van der Waals surface area contributed by atoms with Crippen LogP contribution < -0.4 is 5.32 Å². The van der Waals surface area contributed by atoms with Gasteiger partial charge < -0.3 is 10.4 Å². The van der Waals surface area contributed by atoms with Gasteiger partial charge in [-0.05, 0) is 31.2 Å². The standard InChI is InChI=1S/C11H10ClNO3/c1-7(6-10(14)15)11(16)13-9-4-2-8(12)3-5-9/h2-6H,1H3,(H,13,16)(H,14,15)/b7-6+. The van der Waals surface area contributed by atoms with E-state index in [-0.39, 0.29) is 5.57 Å². The molecule has 0 aliphatic rings. The molecule has 0 spiro atoms. The Hall–Kier alpha value is -1.81. The molecular weight excluding hydrogens is 230 g/mol. The van der Waals surface area contributed by atoms with Gasteiger partial charge in [-0.15, -0.1) is 0 Å². The van der Waals surface area contributed by atoms with Crippen LogP contribution in [0.5, 0.6) is 0 Å². The molecule has 0 atom stereocenters. The third-order valence-electron chi connectivity index (χ3n) is 1.80. The van der Waals surface area contributed by atoms with Crippen LogP contribution in [0.2, 0.25) is 5.02 Å². The average Bonchev–Trinajstić information content (AvgIpc) is 2.20. The Morgan fingerprint density at radius 3 is 2.38 bits per heavy atom. The maximum absolute atomic E-state index is 11.5. The topological polar surface area (TPSA) is 66.4 Å². The molecule has 0 heterocycles. The van der Waals surface area contributed by atoms with Crippen molar-refractivity contribution in [1.29, 1.82) is 0 Å². The summed E-state index contributed by atoms with van der Waals surface area (Å²) in [5.41, 5.74) is 0.690. The lowest BCUT2D eigenvalue weighted by Gasteiger charge is -2.04. The first-order valence-electron chi connectivity index (χ1n) is 4.47. The highest BCUT2D eigenvalue weighted by Crippen LogP contribution is 2.14. The number of halogens is 1. The van der Waals surface area contributed by atoms with E-state index in [1.807, 2.05) is 0 Å². The summed E-state index contributed by atoms with van der Waals surface area (Å²) < 4.78 is 0. The molecule has 0 aromatic heterocycles. The van der Waals surface area contributed by atoms with Crippen LogP contribution in [-0.2, 0) is 9.59 Å². The number of hydrogen-bond acceptors (Lipinski definition) is 2. The Morgan fingerprint density at radius 1 is 1.31 bits per heavy atom. The van der Waals surface area contributed by atoms with Gasteiger partial charge >= 0.3 is 5.97 Å². The second kappa shape index (κ2) is 5.32. The molecule has 4 nitrogen and oxygen atoms in total. The molecule has 16 heavy (non-hydrogen) atoms. The third-order valence-corrected chi connectivity index (χ3v) is 2.05. The molecular formula is C11H10ClNO3. The molecule has 0 saturated carbocycles. The number of nitrogens with one attached hydrogen (secondary N) is 1. The SMILES string of the molecule is C/C(=C\C(=O)O)C(=O)Nc1ccc(Cl)cc1. The Bertz CT molecular complexity index is 437. The van der Waals surface area contributed by atoms with Crippen molar-refractivity contribution in [3.63, 3.8) is 0 Å². The van der Waals surface area contributed by atoms with Gasteiger partial charge in [-0.25, -0.2) is 4.79 Å². The van der Waals surface area contributed by atoms with Gasteiger partial charge in [0.25, 0.3) is 5.91 Å². The highest BCUT2D eigenvalue weighted by atomic mass is 35.5. The van der Waals surface area contributed by atoms with Crippen molar-refractivity contribution in [2.24, 2.45) is 0 Å². The number of carboxylic acids is 1. The van der Waals surface area contributed by atoms with E-state index in [9.17, 15) is 9.59 Å². The molecule has 5 heteroatoms. The zero-order valence-electron chi connectivity index (χ0n) is 8.53. The minimum absolute atomic E-state index is 0.127. The first-order valence-corrected chi connectivity index (χ1v) is 4.85. The zero-order chi connectivity index (χ0) is 12.1. The second-order valence-electron chi connectivity index (χ2n) is 3.13. The highest BCUT2D eigenvalue weighted by Gasteiger charge is 2.06. The van der Waals surface area contributed by atoms with Gasteiger partial charge in [-0.1, -0.05) is 11.6 Å². The van der Waals surface area contributed by atoms with Crippen LogP contribution in [0.25, 0.3) is 0 Å². The predicted octanol–water partition coefficient (Wildman–Crippen LogP) is 2.31. The molecule has 0 unspecified atom stereocenters. The van der Waals surface area contributed by atoms with Crippen LogP contribution in [0.4, 0.5) is 5.69 Å². The van der Waals surface area contributed by atoms with Crippen molar-refractivity contribution < 1.29 is 14.7 Å². The van der Waals surface area contributed by atoms with Crippen molar-refractivity contribution in [2.75, 3.05) is 5.32 Å². The summed E-state index contributed by atoms with van der Waals surface area (Å²) >= 11 is 5.68. The molecule has 0 bridgehead atoms. The van der Waals surface area contributed by atoms with E-state index in [1.54, 1.807) is 24.3 Å². The highest BCUT2D eigenvalue weighted by molar-refractivity contribution is 6.30. The first kappa shape index (κ1) is 12.3. The summed E-state index contributed by atoms with van der Waals surface area (Å²) in [5.74, 6) is -1.60. The van der Waals surface area contributed by atoms with Gasteiger partial charge in [0.05, 0.1) is 0 Å². The molecule has 1 amide bonds. The van der Waals surface area contributed by atoms with E-state index >= 15 is 0 Å². The van der Waals surface area contributed by atoms with Crippen LogP contribution in [0.1, 0.15) is 6.92 Å². The maximum atomic E-state index is 11.5. The van der Waals surface area contributed by atoms with Crippen molar-refractivity contribution in [1.82, 2.24) is 0 Å². The van der Waals surface area contributed by atoms with E-state index in [1.165, 1.54) is 6.92 Å². The molecule has 1 rings (SSSR count). The Morgan fingerprint density at radius 2 is 1.88 bits per heavy atom. The molecule has 0 saturated heterocycles. The number of rotatable bonds is 3. The van der Waals surface area contributed by atoms with E-state index in [0.717, 1.165) is 6.08 Å². The van der Waals surface area contributed by atoms with Crippen LogP contribution in [-0.4, -0.2) is 17.0 Å². The van der Waals surface area contributed by atoms with Crippen LogP contribution in [0.3, 0.4) is 0 Å². The number of anilines is 1. The summed E-state index contributed by atoms with van der Waals surface area (Å²) in [7, 11) is 0. The minimum Gasteiger partial charge on any atom is -0.478 e. The minimum atomic E-state index is -1.15. The van der Waals surface area contributed by atoms with E-state index in [2.05, 4.69) is 5.32 Å². The summed E-state index contributed by atoms with van der Waals surface area (Å²) in [4.78, 5) is 21.8. The van der Waals surface area contributed by atoms with Crippen molar-refractivity contribution in [3.8, 4) is 0 Å². The molecule has 1 aromatic carbocycles. The lowest BCUT2D eigenvalue weighted by molar-refractivity contribution is -0.131. The Labute approximate surface area is 97.5 Å². The number of carbonyl (C=O) groups is 2. The van der Waals surface area contributed by atoms with Gasteiger partial charge in [0.2, 0.25) is 0 Å². The van der Waals surface area contributed by atoms with Gasteiger partial charge in [-0.3, -0.25) is 4.79 Å². The van der Waals surface area contributed by atoms with E-state index < -0.39 is 11.9 Å². The summed E-state index contributed by atoms with van der Waals surface area (Å²) in [5, 5.41) is 11.6. The third kappa shape index (κ3) is 3.74. The molecule has 0 fully saturated rings. The number of carbonyl (C=O) groups excluding carboxylic acids is 1. The average molecular weight is 240 g/mol. The largest absolute Gasteiger partial charge is 0.478 e. The zero-order valence-corrected chi connectivity index (χ0v) is 9.28. The number of aliphatic carboxylic acids is 1. The fraction of sp³-hybridized carbons (Fsp3) is 0.0909. The van der Waals surface area contributed by atoms with E-state index in [0.29, 0.717) is 10.7 Å². The van der Waals surface area contributed by atoms with Crippen LogP contribution in [0, 0.1) is 0 Å². The summed E-state index contributed by atoms with van der Waals surface area (Å²) in [6.07, 6.45) is 0.852. The van der Waals surface area contributed by atoms with Crippen LogP contribution in [0.15, 0.2) is 35.9 Å². The monoisotopic (exact) mass is 239 g/mol. The predicted molar refractivity (Wildman–Crippen MR) is 61.5 cm³/mol. The summed E-state index contributed by atoms with van der Waals surface area (Å²) in [6.45, 7) is 1.43. The number of carboxylic acid groups (broad SMARTS) is 1. The lowest BCUT2D eigenvalue weighted by Crippen LogP contribution is -2.13. The first-order chi connectivity index (χ1) is 7.49. The molecule has 84 valence electrons. The normalized spacial score (nSPS) is 11.0. The fourth-order valence-corrected chi connectivity index (χ4v) is 1.14. The number of hydrogen-bond donors (Lipinski definition) is 2. The molecule has 0 radical (unpaired) electrons.